The zero-order chi connectivity index (χ0) is 19.8. The van der Waals surface area contributed by atoms with Gasteiger partial charge >= 0.3 is 0 Å². The van der Waals surface area contributed by atoms with E-state index in [-0.39, 0.29) is 5.02 Å². The van der Waals surface area contributed by atoms with Crippen LogP contribution in [0.1, 0.15) is 23.6 Å². The van der Waals surface area contributed by atoms with Gasteiger partial charge in [-0.2, -0.15) is 9.52 Å². The standard InChI is InChI=1S/C18H18ClFN2O4S/c1-25-17-7-5-11(9-18(17)26-2)15-10-16(22(21-15)27(3,23)24)12-4-6-14(20)13(19)8-12/h4-9,16H,10H2,1-3H3. The maximum atomic E-state index is 13.5. The number of halogens is 2. The monoisotopic (exact) mass is 412 g/mol. The van der Waals surface area contributed by atoms with Crippen LogP contribution in [0.4, 0.5) is 4.39 Å². The molecule has 1 unspecified atom stereocenters. The summed E-state index contributed by atoms with van der Waals surface area (Å²) in [6.45, 7) is 0. The number of benzene rings is 2. The minimum atomic E-state index is -3.64. The van der Waals surface area contributed by atoms with Gasteiger partial charge in [-0.3, -0.25) is 0 Å². The predicted molar refractivity (Wildman–Crippen MR) is 102 cm³/mol. The van der Waals surface area contributed by atoms with E-state index in [9.17, 15) is 12.8 Å². The third-order valence-electron chi connectivity index (χ3n) is 4.26. The molecule has 3 rings (SSSR count). The van der Waals surface area contributed by atoms with Crippen LogP contribution in [-0.4, -0.2) is 39.0 Å². The molecule has 0 spiro atoms. The molecule has 0 aliphatic carbocycles. The summed E-state index contributed by atoms with van der Waals surface area (Å²) < 4.78 is 49.5. The van der Waals surface area contributed by atoms with Crippen molar-refractivity contribution in [2.45, 2.75) is 12.5 Å². The molecule has 0 amide bonds. The zero-order valence-electron chi connectivity index (χ0n) is 14.9. The first-order chi connectivity index (χ1) is 12.7. The molecule has 0 N–H and O–H groups in total. The van der Waals surface area contributed by atoms with Gasteiger partial charge in [-0.1, -0.05) is 17.7 Å². The second-order valence-corrected chi connectivity index (χ2v) is 8.29. The fraction of sp³-hybridized carbons (Fsp3) is 0.278. The highest BCUT2D eigenvalue weighted by Crippen LogP contribution is 2.37. The lowest BCUT2D eigenvalue weighted by Crippen LogP contribution is -2.25. The summed E-state index contributed by atoms with van der Waals surface area (Å²) in [6, 6.07) is 8.78. The summed E-state index contributed by atoms with van der Waals surface area (Å²) in [5.41, 5.74) is 1.83. The molecule has 0 saturated heterocycles. The highest BCUT2D eigenvalue weighted by Gasteiger charge is 2.35. The van der Waals surface area contributed by atoms with Gasteiger partial charge in [0, 0.05) is 12.0 Å². The van der Waals surface area contributed by atoms with E-state index >= 15 is 0 Å². The van der Waals surface area contributed by atoms with Crippen molar-refractivity contribution in [2.75, 3.05) is 20.5 Å². The maximum absolute atomic E-state index is 13.5. The van der Waals surface area contributed by atoms with Crippen LogP contribution in [0.5, 0.6) is 11.5 Å². The first-order valence-corrected chi connectivity index (χ1v) is 10.2. The van der Waals surface area contributed by atoms with Crippen molar-refractivity contribution in [1.82, 2.24) is 4.41 Å². The molecule has 1 aliphatic rings. The van der Waals surface area contributed by atoms with Crippen LogP contribution in [-0.2, 0) is 10.0 Å². The Morgan fingerprint density at radius 2 is 1.85 bits per heavy atom. The normalized spacial score (nSPS) is 17.0. The smallest absolute Gasteiger partial charge is 0.247 e. The highest BCUT2D eigenvalue weighted by molar-refractivity contribution is 7.88. The molecule has 1 heterocycles. The van der Waals surface area contributed by atoms with E-state index in [2.05, 4.69) is 5.10 Å². The van der Waals surface area contributed by atoms with Gasteiger partial charge in [0.05, 0.1) is 37.3 Å². The van der Waals surface area contributed by atoms with Crippen molar-refractivity contribution in [1.29, 1.82) is 0 Å². The van der Waals surface area contributed by atoms with Crippen molar-refractivity contribution in [2.24, 2.45) is 5.10 Å². The van der Waals surface area contributed by atoms with Gasteiger partial charge in [0.2, 0.25) is 10.0 Å². The van der Waals surface area contributed by atoms with Crippen LogP contribution in [0, 0.1) is 5.82 Å². The van der Waals surface area contributed by atoms with Crippen molar-refractivity contribution in [3.63, 3.8) is 0 Å². The Hall–Kier alpha value is -2.32. The molecule has 1 aliphatic heterocycles. The first kappa shape index (κ1) is 19.4. The Balaban J connectivity index is 2.02. The van der Waals surface area contributed by atoms with E-state index in [1.54, 1.807) is 18.2 Å². The van der Waals surface area contributed by atoms with Crippen molar-refractivity contribution >= 4 is 27.3 Å². The Labute approximate surface area is 162 Å². The summed E-state index contributed by atoms with van der Waals surface area (Å²) in [5.74, 6) is 0.504. The van der Waals surface area contributed by atoms with Crippen LogP contribution in [0.25, 0.3) is 0 Å². The van der Waals surface area contributed by atoms with E-state index in [0.29, 0.717) is 34.8 Å². The zero-order valence-corrected chi connectivity index (χ0v) is 16.5. The van der Waals surface area contributed by atoms with Gasteiger partial charge in [-0.15, -0.1) is 0 Å². The Bertz CT molecular complexity index is 1010. The summed E-state index contributed by atoms with van der Waals surface area (Å²) in [7, 11) is -0.589. The van der Waals surface area contributed by atoms with Crippen molar-refractivity contribution < 1.29 is 22.3 Å². The second kappa shape index (κ2) is 7.36. The topological polar surface area (TPSA) is 68.2 Å². The number of hydrazone groups is 1. The highest BCUT2D eigenvalue weighted by atomic mass is 35.5. The molecular formula is C18H18ClFN2O4S. The number of hydrogen-bond donors (Lipinski definition) is 0. The molecule has 2 aromatic carbocycles. The number of nitrogens with zero attached hydrogens (tertiary/aromatic N) is 2. The molecule has 0 bridgehead atoms. The van der Waals surface area contributed by atoms with Gasteiger partial charge in [0.1, 0.15) is 5.82 Å². The van der Waals surface area contributed by atoms with Gasteiger partial charge < -0.3 is 9.47 Å². The van der Waals surface area contributed by atoms with E-state index in [1.165, 1.54) is 32.4 Å². The van der Waals surface area contributed by atoms with E-state index in [4.69, 9.17) is 21.1 Å². The molecule has 0 fully saturated rings. The largest absolute Gasteiger partial charge is 0.493 e. The number of hydrogen-bond acceptors (Lipinski definition) is 5. The predicted octanol–water partition coefficient (Wildman–Crippen LogP) is 3.61. The van der Waals surface area contributed by atoms with E-state index in [0.717, 1.165) is 10.7 Å². The second-order valence-electron chi connectivity index (χ2n) is 6.05. The lowest BCUT2D eigenvalue weighted by molar-refractivity contribution is 0.355. The minimum absolute atomic E-state index is 0.0690. The lowest BCUT2D eigenvalue weighted by atomic mass is 9.99. The molecule has 6 nitrogen and oxygen atoms in total. The van der Waals surface area contributed by atoms with Crippen molar-refractivity contribution in [3.05, 3.63) is 58.4 Å². The van der Waals surface area contributed by atoms with Crippen LogP contribution >= 0.6 is 11.6 Å². The average Bonchev–Trinajstić information content (AvgIpc) is 3.09. The Morgan fingerprint density at radius 3 is 2.44 bits per heavy atom. The summed E-state index contributed by atoms with van der Waals surface area (Å²) in [6.07, 6.45) is 1.39. The van der Waals surface area contributed by atoms with Crippen molar-refractivity contribution in [3.8, 4) is 11.5 Å². The Kier molecular flexibility index (Phi) is 5.30. The first-order valence-electron chi connectivity index (χ1n) is 7.99. The number of rotatable bonds is 5. The molecule has 0 radical (unpaired) electrons. The number of ether oxygens (including phenoxy) is 2. The molecule has 2 aromatic rings. The SMILES string of the molecule is COc1ccc(C2=NN(S(C)(=O)=O)C(c3ccc(F)c(Cl)c3)C2)cc1OC. The van der Waals surface area contributed by atoms with Crippen LogP contribution in [0.3, 0.4) is 0 Å². The third kappa shape index (κ3) is 3.86. The van der Waals surface area contributed by atoms with Gasteiger partial charge in [0.25, 0.3) is 0 Å². The summed E-state index contributed by atoms with van der Waals surface area (Å²) in [5, 5.41) is 4.23. The lowest BCUT2D eigenvalue weighted by Gasteiger charge is -2.21. The van der Waals surface area contributed by atoms with Crippen LogP contribution in [0.2, 0.25) is 5.02 Å². The Morgan fingerprint density at radius 1 is 1.15 bits per heavy atom. The van der Waals surface area contributed by atoms with E-state index in [1.807, 2.05) is 0 Å². The quantitative estimate of drug-likeness (QED) is 0.752. The van der Waals surface area contributed by atoms with E-state index < -0.39 is 21.9 Å². The molecule has 144 valence electrons. The van der Waals surface area contributed by atoms with Gasteiger partial charge in [-0.05, 0) is 35.9 Å². The number of sulfonamides is 1. The average molecular weight is 413 g/mol. The number of methoxy groups -OCH3 is 2. The minimum Gasteiger partial charge on any atom is -0.493 e. The van der Waals surface area contributed by atoms with Gasteiger partial charge in [0.15, 0.2) is 11.5 Å². The van der Waals surface area contributed by atoms with Gasteiger partial charge in [-0.25, -0.2) is 12.8 Å². The molecular weight excluding hydrogens is 395 g/mol. The molecule has 27 heavy (non-hydrogen) atoms. The summed E-state index contributed by atoms with van der Waals surface area (Å²) >= 11 is 5.87. The maximum Gasteiger partial charge on any atom is 0.247 e. The summed E-state index contributed by atoms with van der Waals surface area (Å²) in [4.78, 5) is 0. The molecule has 0 aromatic heterocycles. The molecule has 9 heteroatoms. The third-order valence-corrected chi connectivity index (χ3v) is 5.56. The fourth-order valence-corrected chi connectivity index (χ4v) is 4.05. The molecule has 1 atom stereocenters. The van der Waals surface area contributed by atoms with Crippen LogP contribution < -0.4 is 9.47 Å². The molecule has 0 saturated carbocycles. The van der Waals surface area contributed by atoms with Crippen LogP contribution in [0.15, 0.2) is 41.5 Å². The fourth-order valence-electron chi connectivity index (χ4n) is 2.95.